The zero-order valence-corrected chi connectivity index (χ0v) is 33.2. The minimum Gasteiger partial charge on any atom is -0.490 e. The molecule has 8 atom stereocenters. The van der Waals surface area contributed by atoms with Crippen LogP contribution in [0, 0.1) is 35.0 Å². The Morgan fingerprint density at radius 2 is 1.90 bits per heavy atom. The molecule has 1 spiro atoms. The van der Waals surface area contributed by atoms with E-state index in [9.17, 15) is 18.0 Å². The van der Waals surface area contributed by atoms with Crippen LogP contribution in [0.3, 0.4) is 0 Å². The van der Waals surface area contributed by atoms with E-state index in [4.69, 9.17) is 16.3 Å². The van der Waals surface area contributed by atoms with E-state index in [-0.39, 0.29) is 28.6 Å². The van der Waals surface area contributed by atoms with Gasteiger partial charge in [0.05, 0.1) is 17.5 Å². The first-order valence-corrected chi connectivity index (χ1v) is 21.0. The number of aryl methyl sites for hydroxylation is 1. The van der Waals surface area contributed by atoms with Crippen molar-refractivity contribution in [1.82, 2.24) is 9.62 Å². The van der Waals surface area contributed by atoms with Crippen molar-refractivity contribution < 1.29 is 22.7 Å². The Labute approximate surface area is 311 Å². The molecule has 0 saturated heterocycles. The molecule has 6 rings (SSSR count). The van der Waals surface area contributed by atoms with E-state index >= 15 is 0 Å². The van der Waals surface area contributed by atoms with Crippen molar-refractivity contribution >= 4 is 39.0 Å². The summed E-state index contributed by atoms with van der Waals surface area (Å²) in [6.07, 6.45) is 7.17. The third kappa shape index (κ3) is 7.87. The smallest absolute Gasteiger partial charge is 0.264 e. The second kappa shape index (κ2) is 14.7. The van der Waals surface area contributed by atoms with Gasteiger partial charge in [-0.15, -0.1) is 0 Å². The number of hydrogen-bond donors (Lipinski definition) is 1. The van der Waals surface area contributed by atoms with Gasteiger partial charge < -0.3 is 14.5 Å². The molecule has 1 fully saturated rings. The summed E-state index contributed by atoms with van der Waals surface area (Å²) in [4.78, 5) is 32.1. The summed E-state index contributed by atoms with van der Waals surface area (Å²) in [6, 6.07) is 11.6. The van der Waals surface area contributed by atoms with Crippen LogP contribution in [0.1, 0.15) is 101 Å². The number of nitrogens with zero attached hydrogens (tertiary/aromatic N) is 2. The van der Waals surface area contributed by atoms with Gasteiger partial charge >= 0.3 is 0 Å². The number of ether oxygens (including phenoxy) is 1. The van der Waals surface area contributed by atoms with E-state index in [0.717, 1.165) is 62.3 Å². The Bertz CT molecular complexity index is 1750. The Morgan fingerprint density at radius 3 is 2.61 bits per heavy atom. The van der Waals surface area contributed by atoms with E-state index in [2.05, 4.69) is 40.5 Å². The Morgan fingerprint density at radius 1 is 1.14 bits per heavy atom. The van der Waals surface area contributed by atoms with Gasteiger partial charge in [-0.2, -0.15) is 0 Å². The van der Waals surface area contributed by atoms with Crippen molar-refractivity contribution in [2.75, 3.05) is 45.2 Å². The van der Waals surface area contributed by atoms with Crippen LogP contribution < -0.4 is 14.4 Å². The first-order valence-electron chi connectivity index (χ1n) is 19.0. The van der Waals surface area contributed by atoms with Crippen LogP contribution in [0.4, 0.5) is 5.69 Å². The van der Waals surface area contributed by atoms with Crippen molar-refractivity contribution in [2.24, 2.45) is 35.0 Å². The Kier molecular flexibility index (Phi) is 11.0. The third-order valence-corrected chi connectivity index (χ3v) is 15.1. The number of benzene rings is 2. The lowest BCUT2D eigenvalue weighted by Gasteiger charge is -2.52. The minimum absolute atomic E-state index is 0.0634. The number of hydrogen-bond acceptors (Lipinski definition) is 7. The molecule has 10 heteroatoms. The summed E-state index contributed by atoms with van der Waals surface area (Å²) in [5.41, 5.74) is 3.15. The number of nitrogens with one attached hydrogen (secondary N) is 1. The highest BCUT2D eigenvalue weighted by Gasteiger charge is 2.49. The van der Waals surface area contributed by atoms with Crippen molar-refractivity contribution in [3.63, 3.8) is 0 Å². The van der Waals surface area contributed by atoms with E-state index in [1.165, 1.54) is 11.1 Å². The largest absolute Gasteiger partial charge is 0.490 e. The number of carbonyl (C=O) groups is 2. The molecule has 2 aliphatic heterocycles. The second-order valence-corrected chi connectivity index (χ2v) is 19.9. The SMILES string of the molecule is CC1C[C@H](C)[C@@H](C)S(=O)(=O)NC(=O)c2ccc3c(c2)N(C[C@@H]2CC[C@H]2[C@](C)(CC(=O)[C@@H](C)CN(C)C)C1)C[C@@]1(CCCc2cc(Cl)ccc21)CO3. The van der Waals surface area contributed by atoms with Gasteiger partial charge in [-0.1, -0.05) is 45.4 Å². The van der Waals surface area contributed by atoms with Crippen LogP contribution >= 0.6 is 11.6 Å². The number of rotatable bonds is 5. The number of Topliss-reactive ketones (excluding diaryl/α,β-unsaturated/α-hetero) is 1. The normalized spacial score (nSPS) is 32.8. The fourth-order valence-corrected chi connectivity index (χ4v) is 11.6. The lowest BCUT2D eigenvalue weighted by molar-refractivity contribution is -0.128. The summed E-state index contributed by atoms with van der Waals surface area (Å²) in [7, 11) is 0.0768. The molecule has 4 aliphatic rings. The summed E-state index contributed by atoms with van der Waals surface area (Å²) < 4.78 is 36.3. The predicted molar refractivity (Wildman–Crippen MR) is 205 cm³/mol. The maximum Gasteiger partial charge on any atom is 0.264 e. The third-order valence-electron chi connectivity index (χ3n) is 12.9. The number of sulfonamides is 1. The quantitative estimate of drug-likeness (QED) is 0.339. The Hall–Kier alpha value is -2.62. The van der Waals surface area contributed by atoms with Gasteiger partial charge in [0, 0.05) is 48.0 Å². The zero-order chi connectivity index (χ0) is 36.9. The maximum absolute atomic E-state index is 13.9. The number of anilines is 1. The molecule has 2 heterocycles. The van der Waals surface area contributed by atoms with Crippen molar-refractivity contribution in [3.05, 3.63) is 58.1 Å². The topological polar surface area (TPSA) is 96.0 Å². The molecule has 1 unspecified atom stereocenters. The van der Waals surface area contributed by atoms with Crippen molar-refractivity contribution in [3.8, 4) is 5.75 Å². The fraction of sp³-hybridized carbons (Fsp3) is 0.659. The van der Waals surface area contributed by atoms with E-state index in [1.54, 1.807) is 13.0 Å². The average Bonchev–Trinajstić information content (AvgIpc) is 3.18. The molecular weight excluding hydrogens is 682 g/mol. The highest BCUT2D eigenvalue weighted by Crippen LogP contribution is 2.54. The summed E-state index contributed by atoms with van der Waals surface area (Å²) in [5.74, 6) is 1.05. The number of fused-ring (bicyclic) bond motifs is 4. The van der Waals surface area contributed by atoms with Crippen molar-refractivity contribution in [1.29, 1.82) is 0 Å². The van der Waals surface area contributed by atoms with Crippen LogP contribution in [-0.4, -0.2) is 70.6 Å². The van der Waals surface area contributed by atoms with Crippen LogP contribution in [0.2, 0.25) is 5.02 Å². The lowest BCUT2D eigenvalue weighted by Crippen LogP contribution is -2.51. The molecule has 1 N–H and O–H groups in total. The van der Waals surface area contributed by atoms with E-state index in [0.29, 0.717) is 54.9 Å². The summed E-state index contributed by atoms with van der Waals surface area (Å²) >= 11 is 6.48. The number of halogens is 1. The van der Waals surface area contributed by atoms with Gasteiger partial charge in [-0.05, 0) is 137 Å². The molecule has 0 aromatic heterocycles. The zero-order valence-electron chi connectivity index (χ0n) is 31.6. The first kappa shape index (κ1) is 38.1. The van der Waals surface area contributed by atoms with Crippen LogP contribution in [0.25, 0.3) is 0 Å². The molecule has 51 heavy (non-hydrogen) atoms. The van der Waals surface area contributed by atoms with Gasteiger partial charge in [0.2, 0.25) is 10.0 Å². The van der Waals surface area contributed by atoms with Gasteiger partial charge in [-0.3, -0.25) is 9.59 Å². The second-order valence-electron chi connectivity index (χ2n) is 17.4. The average molecular weight is 740 g/mol. The molecule has 2 aromatic rings. The molecule has 1 amide bonds. The maximum atomic E-state index is 13.9. The van der Waals surface area contributed by atoms with Crippen LogP contribution in [0.5, 0.6) is 5.75 Å². The monoisotopic (exact) mass is 739 g/mol. The molecular formula is C41H58ClN3O5S. The van der Waals surface area contributed by atoms with Gasteiger partial charge in [-0.25, -0.2) is 13.1 Å². The van der Waals surface area contributed by atoms with Crippen molar-refractivity contribution in [2.45, 2.75) is 96.7 Å². The van der Waals surface area contributed by atoms with Crippen LogP contribution in [-0.2, 0) is 26.7 Å². The van der Waals surface area contributed by atoms with E-state index in [1.807, 2.05) is 46.1 Å². The summed E-state index contributed by atoms with van der Waals surface area (Å²) in [6.45, 7) is 13.0. The number of ketones is 1. The number of amides is 1. The van der Waals surface area contributed by atoms with Crippen LogP contribution in [0.15, 0.2) is 36.4 Å². The standard InChI is InChI=1S/C41H58ClN3O5S/c1-26-17-27(2)29(4)51(48,49)43-39(47)31-11-15-38-36(19-31)45(24-41(25-50-38)16-8-9-30-18-33(42)12-14-35(30)41)23-32-10-13-34(32)40(5,20-26)21-37(46)28(3)22-44(6)7/h11-12,14-15,18-19,26-29,32,34H,8-10,13,16-17,20-25H2,1-7H3,(H,43,47)/t26?,27-,28-,29+,32-,34+,40-,41-/m0/s1. The molecule has 1 saturated carbocycles. The highest BCUT2D eigenvalue weighted by molar-refractivity contribution is 7.90. The van der Waals surface area contributed by atoms with Gasteiger partial charge in [0.15, 0.2) is 0 Å². The molecule has 8 nitrogen and oxygen atoms in total. The molecule has 2 aliphatic carbocycles. The predicted octanol–water partition coefficient (Wildman–Crippen LogP) is 7.52. The number of carbonyl (C=O) groups excluding carboxylic acids is 2. The highest BCUT2D eigenvalue weighted by atomic mass is 35.5. The Balaban J connectivity index is 1.43. The lowest BCUT2D eigenvalue weighted by atomic mass is 9.55. The molecule has 0 radical (unpaired) electrons. The molecule has 2 aromatic carbocycles. The molecule has 280 valence electrons. The van der Waals surface area contributed by atoms with E-state index < -0.39 is 21.2 Å². The van der Waals surface area contributed by atoms with Gasteiger partial charge in [0.25, 0.3) is 5.91 Å². The fourth-order valence-electron chi connectivity index (χ4n) is 10.1. The summed E-state index contributed by atoms with van der Waals surface area (Å²) in [5, 5.41) is -0.0233. The first-order chi connectivity index (χ1) is 24.0. The minimum atomic E-state index is -3.95. The molecule has 2 bridgehead atoms. The van der Waals surface area contributed by atoms with Gasteiger partial charge in [0.1, 0.15) is 11.5 Å².